The summed E-state index contributed by atoms with van der Waals surface area (Å²) >= 11 is 1.81. The molecule has 3 N–H and O–H groups in total. The minimum Gasteiger partial charge on any atom is -0.356 e. The van der Waals surface area contributed by atoms with E-state index in [4.69, 9.17) is 0 Å². The first-order valence-corrected chi connectivity index (χ1v) is 9.54. The number of hydrogen-bond donors (Lipinski definition) is 3. The van der Waals surface area contributed by atoms with Crippen molar-refractivity contribution in [1.82, 2.24) is 25.8 Å². The number of aromatic nitrogens is 3. The van der Waals surface area contributed by atoms with E-state index in [-0.39, 0.29) is 0 Å². The third-order valence-corrected chi connectivity index (χ3v) is 4.95. The fourth-order valence-electron chi connectivity index (χ4n) is 2.69. The van der Waals surface area contributed by atoms with Gasteiger partial charge in [-0.3, -0.25) is 10.1 Å². The number of rotatable bonds is 7. The van der Waals surface area contributed by atoms with E-state index in [1.807, 2.05) is 23.5 Å². The van der Waals surface area contributed by atoms with Gasteiger partial charge in [0.05, 0.1) is 0 Å². The van der Waals surface area contributed by atoms with Crippen LogP contribution in [0, 0.1) is 5.92 Å². The van der Waals surface area contributed by atoms with Gasteiger partial charge >= 0.3 is 0 Å². The fraction of sp³-hybridized carbons (Fsp3) is 0.316. The molecule has 6 nitrogen and oxygen atoms in total. The number of hydrogen-bond acceptors (Lipinski definition) is 4. The second-order valence-electron chi connectivity index (χ2n) is 6.23. The first-order chi connectivity index (χ1) is 12.7. The second kappa shape index (κ2) is 9.15. The summed E-state index contributed by atoms with van der Waals surface area (Å²) in [5, 5.41) is 15.7. The van der Waals surface area contributed by atoms with Crippen molar-refractivity contribution in [2.24, 2.45) is 10.9 Å². The van der Waals surface area contributed by atoms with Gasteiger partial charge in [-0.25, -0.2) is 4.98 Å². The Balaban J connectivity index is 1.49. The lowest BCUT2D eigenvalue weighted by molar-refractivity contribution is 0.562. The lowest BCUT2D eigenvalue weighted by Gasteiger charge is -2.16. The van der Waals surface area contributed by atoms with Gasteiger partial charge in [0.25, 0.3) is 0 Å². The van der Waals surface area contributed by atoms with Crippen LogP contribution >= 0.6 is 11.3 Å². The molecule has 0 aliphatic rings. The molecule has 0 amide bonds. The van der Waals surface area contributed by atoms with Gasteiger partial charge in [0.1, 0.15) is 6.33 Å². The van der Waals surface area contributed by atoms with E-state index in [9.17, 15) is 0 Å². The molecule has 0 aliphatic heterocycles. The van der Waals surface area contributed by atoms with Crippen molar-refractivity contribution in [2.75, 3.05) is 13.6 Å². The number of aliphatic imine (C=N–C) groups is 1. The largest absolute Gasteiger partial charge is 0.356 e. The number of H-pyrrole nitrogens is 1. The molecular weight excluding hydrogens is 344 g/mol. The van der Waals surface area contributed by atoms with Crippen molar-refractivity contribution in [3.63, 3.8) is 0 Å². The van der Waals surface area contributed by atoms with E-state index in [1.165, 1.54) is 11.2 Å². The summed E-state index contributed by atoms with van der Waals surface area (Å²) in [4.78, 5) is 9.93. The summed E-state index contributed by atoms with van der Waals surface area (Å²) in [5.41, 5.74) is 2.18. The van der Waals surface area contributed by atoms with Crippen molar-refractivity contribution in [1.29, 1.82) is 0 Å². The first-order valence-electron chi connectivity index (χ1n) is 8.66. The zero-order valence-corrected chi connectivity index (χ0v) is 15.9. The topological polar surface area (TPSA) is 78.0 Å². The Morgan fingerprint density at radius 2 is 2.19 bits per heavy atom. The maximum Gasteiger partial charge on any atom is 0.191 e. The van der Waals surface area contributed by atoms with Gasteiger partial charge < -0.3 is 10.6 Å². The van der Waals surface area contributed by atoms with Crippen LogP contribution in [0.2, 0.25) is 0 Å². The van der Waals surface area contributed by atoms with Gasteiger partial charge in [-0.1, -0.05) is 31.2 Å². The molecule has 0 fully saturated rings. The molecule has 1 aromatic carbocycles. The molecular formula is C19H24N6S. The predicted octanol–water partition coefficient (Wildman–Crippen LogP) is 3.08. The van der Waals surface area contributed by atoms with E-state index >= 15 is 0 Å². The Morgan fingerprint density at radius 3 is 2.92 bits per heavy atom. The van der Waals surface area contributed by atoms with Gasteiger partial charge in [0.2, 0.25) is 0 Å². The Kier molecular flexibility index (Phi) is 6.38. The van der Waals surface area contributed by atoms with Crippen molar-refractivity contribution in [3.8, 4) is 11.4 Å². The van der Waals surface area contributed by atoms with Crippen LogP contribution in [0.4, 0.5) is 0 Å². The van der Waals surface area contributed by atoms with Gasteiger partial charge in [-0.05, 0) is 35.4 Å². The second-order valence-corrected chi connectivity index (χ2v) is 7.26. The number of guanidine groups is 1. The maximum atomic E-state index is 4.31. The van der Waals surface area contributed by atoms with Crippen molar-refractivity contribution < 1.29 is 0 Å². The van der Waals surface area contributed by atoms with Gasteiger partial charge in [0.15, 0.2) is 11.8 Å². The Bertz CT molecular complexity index is 810. The van der Waals surface area contributed by atoms with Crippen LogP contribution in [0.1, 0.15) is 17.4 Å². The molecule has 136 valence electrons. The highest BCUT2D eigenvalue weighted by Crippen LogP contribution is 2.15. The van der Waals surface area contributed by atoms with Gasteiger partial charge in [-0.2, -0.15) is 5.10 Å². The van der Waals surface area contributed by atoms with E-state index < -0.39 is 0 Å². The predicted molar refractivity (Wildman–Crippen MR) is 107 cm³/mol. The summed E-state index contributed by atoms with van der Waals surface area (Å²) < 4.78 is 0. The molecule has 2 aromatic heterocycles. The van der Waals surface area contributed by atoms with E-state index in [2.05, 4.69) is 67.4 Å². The quantitative estimate of drug-likeness (QED) is 0.442. The molecule has 1 atom stereocenters. The minimum absolute atomic E-state index is 0.544. The van der Waals surface area contributed by atoms with Crippen LogP contribution in [0.5, 0.6) is 0 Å². The Hall–Kier alpha value is -2.67. The molecule has 0 bridgehead atoms. The zero-order valence-electron chi connectivity index (χ0n) is 15.1. The van der Waals surface area contributed by atoms with Crippen LogP contribution in [0.15, 0.2) is 53.1 Å². The van der Waals surface area contributed by atoms with Crippen molar-refractivity contribution in [3.05, 3.63) is 58.5 Å². The van der Waals surface area contributed by atoms with Crippen LogP contribution in [0.25, 0.3) is 11.4 Å². The van der Waals surface area contributed by atoms with E-state index in [0.717, 1.165) is 35.9 Å². The Labute approximate surface area is 157 Å². The molecule has 3 aromatic rings. The molecule has 3 rings (SSSR count). The number of nitrogens with zero attached hydrogens (tertiary/aromatic N) is 3. The fourth-order valence-corrected chi connectivity index (χ4v) is 3.56. The monoisotopic (exact) mass is 368 g/mol. The number of thiophene rings is 1. The highest BCUT2D eigenvalue weighted by Gasteiger charge is 2.07. The molecule has 0 radical (unpaired) electrons. The molecule has 0 spiro atoms. The lowest BCUT2D eigenvalue weighted by Crippen LogP contribution is -2.39. The highest BCUT2D eigenvalue weighted by molar-refractivity contribution is 7.09. The normalized spacial score (nSPS) is 12.8. The van der Waals surface area contributed by atoms with Crippen LogP contribution in [-0.2, 0) is 13.0 Å². The molecule has 1 unspecified atom stereocenters. The Morgan fingerprint density at radius 1 is 1.27 bits per heavy atom. The SMILES string of the molecule is CN=C(NCc1cccc(-c2ncn[nH]2)c1)NCC(C)Cc1cccs1. The molecule has 0 aliphatic carbocycles. The molecule has 0 saturated heterocycles. The van der Waals surface area contributed by atoms with E-state index in [1.54, 1.807) is 7.05 Å². The van der Waals surface area contributed by atoms with Gasteiger partial charge in [-0.15, -0.1) is 11.3 Å². The van der Waals surface area contributed by atoms with Crippen LogP contribution < -0.4 is 10.6 Å². The average molecular weight is 369 g/mol. The van der Waals surface area contributed by atoms with Crippen LogP contribution in [0.3, 0.4) is 0 Å². The van der Waals surface area contributed by atoms with Crippen molar-refractivity contribution in [2.45, 2.75) is 19.9 Å². The number of aromatic amines is 1. The minimum atomic E-state index is 0.544. The molecule has 7 heteroatoms. The first kappa shape index (κ1) is 18.1. The maximum absolute atomic E-state index is 4.31. The summed E-state index contributed by atoms with van der Waals surface area (Å²) in [6, 6.07) is 12.5. The summed E-state index contributed by atoms with van der Waals surface area (Å²) in [7, 11) is 1.80. The summed E-state index contributed by atoms with van der Waals surface area (Å²) in [6.45, 7) is 3.83. The average Bonchev–Trinajstić information content (AvgIpc) is 3.36. The summed E-state index contributed by atoms with van der Waals surface area (Å²) in [5.74, 6) is 2.13. The van der Waals surface area contributed by atoms with Gasteiger partial charge in [0, 0.05) is 30.6 Å². The summed E-state index contributed by atoms with van der Waals surface area (Å²) in [6.07, 6.45) is 2.60. The molecule has 2 heterocycles. The third kappa shape index (κ3) is 5.16. The number of nitrogens with one attached hydrogen (secondary N) is 3. The highest BCUT2D eigenvalue weighted by atomic mass is 32.1. The van der Waals surface area contributed by atoms with Crippen LogP contribution in [-0.4, -0.2) is 34.7 Å². The van der Waals surface area contributed by atoms with Crippen molar-refractivity contribution >= 4 is 17.3 Å². The van der Waals surface area contributed by atoms with E-state index in [0.29, 0.717) is 12.5 Å². The molecule has 0 saturated carbocycles. The zero-order chi connectivity index (χ0) is 18.2. The number of benzene rings is 1. The lowest BCUT2D eigenvalue weighted by atomic mass is 10.1. The third-order valence-electron chi connectivity index (χ3n) is 4.05. The standard InChI is InChI=1S/C19H24N6S/c1-14(9-17-7-4-8-26-17)11-21-19(20-2)22-12-15-5-3-6-16(10-15)18-23-13-24-25-18/h3-8,10,13-14H,9,11-12H2,1-2H3,(H2,20,21,22)(H,23,24,25). The molecule has 26 heavy (non-hydrogen) atoms. The smallest absolute Gasteiger partial charge is 0.191 e.